The Morgan fingerprint density at radius 2 is 1.59 bits per heavy atom. The van der Waals surface area contributed by atoms with Gasteiger partial charge in [-0.3, -0.25) is 25.2 Å². The van der Waals surface area contributed by atoms with E-state index in [2.05, 4.69) is 15.6 Å². The van der Waals surface area contributed by atoms with Gasteiger partial charge in [0.1, 0.15) is 5.75 Å². The van der Waals surface area contributed by atoms with Gasteiger partial charge in [-0.05, 0) is 55.0 Å². The van der Waals surface area contributed by atoms with E-state index in [-0.39, 0.29) is 16.9 Å². The van der Waals surface area contributed by atoms with Crippen LogP contribution in [-0.4, -0.2) is 26.8 Å². The van der Waals surface area contributed by atoms with Gasteiger partial charge in [-0.25, -0.2) is 8.42 Å². The van der Waals surface area contributed by atoms with Crippen LogP contribution < -0.4 is 20.3 Å². The predicted molar refractivity (Wildman–Crippen MR) is 121 cm³/mol. The Bertz CT molecular complexity index is 1180. The molecule has 9 heteroatoms. The maximum Gasteiger partial charge on any atom is 0.269 e. The molecule has 0 fully saturated rings. The second kappa shape index (κ2) is 10.5. The van der Waals surface area contributed by atoms with Gasteiger partial charge in [0.25, 0.3) is 15.9 Å². The average Bonchev–Trinajstić information content (AvgIpc) is 2.79. The maximum absolute atomic E-state index is 12.7. The van der Waals surface area contributed by atoms with Crippen LogP contribution in [0, 0.1) is 0 Å². The Morgan fingerprint density at radius 1 is 0.875 bits per heavy atom. The summed E-state index contributed by atoms with van der Waals surface area (Å²) in [6.07, 6.45) is 0.0988. The maximum atomic E-state index is 12.7. The van der Waals surface area contributed by atoms with E-state index in [1.807, 2.05) is 25.1 Å². The van der Waals surface area contributed by atoms with Gasteiger partial charge < -0.3 is 4.74 Å². The van der Waals surface area contributed by atoms with Crippen molar-refractivity contribution in [2.45, 2.75) is 18.2 Å². The molecule has 3 aromatic rings. The van der Waals surface area contributed by atoms with Gasteiger partial charge in [-0.1, -0.05) is 36.4 Å². The summed E-state index contributed by atoms with van der Waals surface area (Å²) >= 11 is 0. The van der Waals surface area contributed by atoms with Gasteiger partial charge in [0.2, 0.25) is 5.91 Å². The smallest absolute Gasteiger partial charge is 0.269 e. The molecule has 0 unspecified atom stereocenters. The van der Waals surface area contributed by atoms with Crippen LogP contribution in [-0.2, 0) is 21.2 Å². The van der Waals surface area contributed by atoms with Gasteiger partial charge in [0.15, 0.2) is 0 Å². The fraction of sp³-hybridized carbons (Fsp3) is 0.130. The molecule has 2 amide bonds. The number of ether oxygens (including phenoxy) is 1. The molecule has 32 heavy (non-hydrogen) atoms. The fourth-order valence-electron chi connectivity index (χ4n) is 2.83. The summed E-state index contributed by atoms with van der Waals surface area (Å²) in [5, 5.41) is 0. The molecule has 0 saturated heterocycles. The summed E-state index contributed by atoms with van der Waals surface area (Å²) in [5.74, 6) is -0.404. The van der Waals surface area contributed by atoms with E-state index in [1.54, 1.807) is 36.4 Å². The number of rotatable bonds is 8. The molecule has 0 radical (unpaired) electrons. The Balaban J connectivity index is 1.63. The normalized spacial score (nSPS) is 10.8. The molecule has 166 valence electrons. The predicted octanol–water partition coefficient (Wildman–Crippen LogP) is 2.89. The number of carbonyl (C=O) groups is 2. The monoisotopic (exact) mass is 453 g/mol. The Labute approximate surface area is 186 Å². The van der Waals surface area contributed by atoms with Crippen molar-refractivity contribution in [3.8, 4) is 5.75 Å². The first-order valence-corrected chi connectivity index (χ1v) is 11.3. The van der Waals surface area contributed by atoms with Crippen molar-refractivity contribution in [1.29, 1.82) is 0 Å². The van der Waals surface area contributed by atoms with E-state index >= 15 is 0 Å². The Morgan fingerprint density at radius 3 is 2.28 bits per heavy atom. The van der Waals surface area contributed by atoms with Crippen molar-refractivity contribution in [2.75, 3.05) is 11.3 Å². The number of amides is 2. The minimum Gasteiger partial charge on any atom is -0.494 e. The molecular formula is C23H23N3O5S. The molecule has 0 aliphatic heterocycles. The molecule has 3 rings (SSSR count). The first kappa shape index (κ1) is 22.8. The molecule has 0 heterocycles. The molecule has 0 aliphatic carbocycles. The highest BCUT2D eigenvalue weighted by Gasteiger charge is 2.17. The minimum absolute atomic E-state index is 0.0829. The zero-order valence-electron chi connectivity index (χ0n) is 17.4. The number of hydrogen-bond donors (Lipinski definition) is 3. The lowest BCUT2D eigenvalue weighted by Gasteiger charge is -2.11. The lowest BCUT2D eigenvalue weighted by atomic mass is 10.1. The SMILES string of the molecule is CCOc1ccc(NS(=O)(=O)c2cccc(C(=O)NNC(=O)Cc3ccccc3)c2)cc1. The van der Waals surface area contributed by atoms with Crippen molar-refractivity contribution in [3.63, 3.8) is 0 Å². The lowest BCUT2D eigenvalue weighted by molar-refractivity contribution is -0.121. The van der Waals surface area contributed by atoms with Gasteiger partial charge >= 0.3 is 0 Å². The largest absolute Gasteiger partial charge is 0.494 e. The molecule has 8 nitrogen and oxygen atoms in total. The summed E-state index contributed by atoms with van der Waals surface area (Å²) < 4.78 is 33.2. The summed E-state index contributed by atoms with van der Waals surface area (Å²) in [4.78, 5) is 24.3. The average molecular weight is 454 g/mol. The summed E-state index contributed by atoms with van der Waals surface area (Å²) in [5.41, 5.74) is 5.87. The standard InChI is InChI=1S/C23H23N3O5S/c1-2-31-20-13-11-19(12-14-20)26-32(29,30)21-10-6-9-18(16-21)23(28)25-24-22(27)15-17-7-4-3-5-8-17/h3-14,16,26H,2,15H2,1H3,(H,24,27)(H,25,28). The third-order valence-corrected chi connectivity index (χ3v) is 5.73. The van der Waals surface area contributed by atoms with Crippen LogP contribution >= 0.6 is 0 Å². The second-order valence-electron chi connectivity index (χ2n) is 6.76. The van der Waals surface area contributed by atoms with Crippen molar-refractivity contribution in [2.24, 2.45) is 0 Å². The number of carbonyl (C=O) groups excluding carboxylic acids is 2. The van der Waals surface area contributed by atoms with Crippen LogP contribution in [0.3, 0.4) is 0 Å². The first-order chi connectivity index (χ1) is 15.4. The molecule has 0 atom stereocenters. The van der Waals surface area contributed by atoms with E-state index in [4.69, 9.17) is 4.74 Å². The van der Waals surface area contributed by atoms with Crippen molar-refractivity contribution in [1.82, 2.24) is 10.9 Å². The third-order valence-electron chi connectivity index (χ3n) is 4.35. The molecule has 3 N–H and O–H groups in total. The Kier molecular flexibility index (Phi) is 7.45. The van der Waals surface area contributed by atoms with Crippen LogP contribution in [0.1, 0.15) is 22.8 Å². The first-order valence-electron chi connectivity index (χ1n) is 9.86. The highest BCUT2D eigenvalue weighted by molar-refractivity contribution is 7.92. The zero-order chi connectivity index (χ0) is 23.0. The van der Waals surface area contributed by atoms with Crippen molar-refractivity contribution in [3.05, 3.63) is 90.0 Å². The van der Waals surface area contributed by atoms with E-state index in [0.717, 1.165) is 5.56 Å². The van der Waals surface area contributed by atoms with Crippen LogP contribution in [0.15, 0.2) is 83.8 Å². The fourth-order valence-corrected chi connectivity index (χ4v) is 3.93. The minimum atomic E-state index is -3.92. The van der Waals surface area contributed by atoms with Crippen LogP contribution in [0.4, 0.5) is 5.69 Å². The molecule has 0 saturated carbocycles. The van der Waals surface area contributed by atoms with E-state index < -0.39 is 21.8 Å². The van der Waals surface area contributed by atoms with Gasteiger partial charge in [0, 0.05) is 11.3 Å². The highest BCUT2D eigenvalue weighted by atomic mass is 32.2. The van der Waals surface area contributed by atoms with Gasteiger partial charge in [-0.15, -0.1) is 0 Å². The van der Waals surface area contributed by atoms with Crippen LogP contribution in [0.5, 0.6) is 5.75 Å². The van der Waals surface area contributed by atoms with Crippen LogP contribution in [0.25, 0.3) is 0 Å². The molecule has 0 bridgehead atoms. The molecule has 0 spiro atoms. The second-order valence-corrected chi connectivity index (χ2v) is 8.44. The van der Waals surface area contributed by atoms with Gasteiger partial charge in [0.05, 0.1) is 17.9 Å². The molecule has 0 aromatic heterocycles. The van der Waals surface area contributed by atoms with Crippen molar-refractivity contribution >= 4 is 27.5 Å². The van der Waals surface area contributed by atoms with E-state index in [9.17, 15) is 18.0 Å². The van der Waals surface area contributed by atoms with Gasteiger partial charge in [-0.2, -0.15) is 0 Å². The number of benzene rings is 3. The molecular weight excluding hydrogens is 430 g/mol. The molecule has 0 aliphatic rings. The quantitative estimate of drug-likeness (QED) is 0.454. The Hall–Kier alpha value is -3.85. The van der Waals surface area contributed by atoms with E-state index in [0.29, 0.717) is 18.0 Å². The highest BCUT2D eigenvalue weighted by Crippen LogP contribution is 2.20. The topological polar surface area (TPSA) is 114 Å². The van der Waals surface area contributed by atoms with E-state index in [1.165, 1.54) is 24.3 Å². The number of anilines is 1. The number of hydrogen-bond acceptors (Lipinski definition) is 5. The third kappa shape index (κ3) is 6.32. The van der Waals surface area contributed by atoms with Crippen LogP contribution in [0.2, 0.25) is 0 Å². The lowest BCUT2D eigenvalue weighted by Crippen LogP contribution is -2.42. The number of sulfonamides is 1. The summed E-state index contributed by atoms with van der Waals surface area (Å²) in [6.45, 7) is 2.36. The summed E-state index contributed by atoms with van der Waals surface area (Å²) in [7, 11) is -3.92. The number of hydrazine groups is 1. The molecule has 3 aromatic carbocycles. The zero-order valence-corrected chi connectivity index (χ0v) is 18.2. The summed E-state index contributed by atoms with van der Waals surface area (Å²) in [6, 6.07) is 21.1. The number of nitrogens with one attached hydrogen (secondary N) is 3. The van der Waals surface area contributed by atoms with Crippen molar-refractivity contribution < 1.29 is 22.7 Å².